The summed E-state index contributed by atoms with van der Waals surface area (Å²) in [6.45, 7) is 1.28. The molecule has 1 amide bonds. The summed E-state index contributed by atoms with van der Waals surface area (Å²) in [5, 5.41) is 3.35. The maximum absolute atomic E-state index is 12.2. The number of furan rings is 1. The van der Waals surface area contributed by atoms with E-state index in [1.165, 1.54) is 0 Å². The number of hydrogen-bond donors (Lipinski definition) is 1. The highest BCUT2D eigenvalue weighted by atomic mass is 32.1. The smallest absolute Gasteiger partial charge is 0.276 e. The molecule has 5 nitrogen and oxygen atoms in total. The molecule has 0 aliphatic carbocycles. The third-order valence-electron chi connectivity index (χ3n) is 3.20. The SMILES string of the molecule is O=C1C(=Cc2ccco2)NC(=S)N1CC1CCCO1. The van der Waals surface area contributed by atoms with Crippen LogP contribution in [0, 0.1) is 0 Å². The van der Waals surface area contributed by atoms with Gasteiger partial charge in [0, 0.05) is 12.7 Å². The molecular weight excluding hydrogens is 264 g/mol. The van der Waals surface area contributed by atoms with Gasteiger partial charge >= 0.3 is 0 Å². The van der Waals surface area contributed by atoms with Crippen LogP contribution in [-0.2, 0) is 9.53 Å². The van der Waals surface area contributed by atoms with E-state index in [0.717, 1.165) is 19.4 Å². The lowest BCUT2D eigenvalue weighted by molar-refractivity contribution is -0.123. The Morgan fingerprint density at radius 1 is 1.58 bits per heavy atom. The molecule has 1 atom stereocenters. The van der Waals surface area contributed by atoms with E-state index >= 15 is 0 Å². The van der Waals surface area contributed by atoms with Crippen LogP contribution < -0.4 is 5.32 Å². The van der Waals surface area contributed by atoms with Crippen LogP contribution in [0.4, 0.5) is 0 Å². The summed E-state index contributed by atoms with van der Waals surface area (Å²) >= 11 is 5.19. The normalized spacial score (nSPS) is 25.4. The van der Waals surface area contributed by atoms with Crippen LogP contribution in [0.5, 0.6) is 0 Å². The molecule has 0 saturated carbocycles. The molecule has 0 bridgehead atoms. The summed E-state index contributed by atoms with van der Waals surface area (Å²) in [5.74, 6) is 0.495. The molecule has 2 saturated heterocycles. The highest BCUT2D eigenvalue weighted by molar-refractivity contribution is 7.80. The Labute approximate surface area is 116 Å². The summed E-state index contributed by atoms with van der Waals surface area (Å²) in [4.78, 5) is 13.8. The van der Waals surface area contributed by atoms with Crippen molar-refractivity contribution in [1.29, 1.82) is 0 Å². The maximum Gasteiger partial charge on any atom is 0.276 e. The van der Waals surface area contributed by atoms with E-state index in [4.69, 9.17) is 21.4 Å². The van der Waals surface area contributed by atoms with Crippen LogP contribution >= 0.6 is 12.2 Å². The molecule has 3 heterocycles. The second kappa shape index (κ2) is 5.14. The quantitative estimate of drug-likeness (QED) is 0.671. The van der Waals surface area contributed by atoms with Crippen LogP contribution in [0.25, 0.3) is 6.08 Å². The average Bonchev–Trinajstić information content (AvgIpc) is 3.10. The molecule has 0 aromatic carbocycles. The van der Waals surface area contributed by atoms with Gasteiger partial charge in [-0.25, -0.2) is 0 Å². The van der Waals surface area contributed by atoms with Gasteiger partial charge < -0.3 is 14.5 Å². The van der Waals surface area contributed by atoms with Crippen molar-refractivity contribution in [3.05, 3.63) is 29.9 Å². The van der Waals surface area contributed by atoms with Gasteiger partial charge in [0.25, 0.3) is 5.91 Å². The topological polar surface area (TPSA) is 54.7 Å². The van der Waals surface area contributed by atoms with E-state index in [1.807, 2.05) is 0 Å². The maximum atomic E-state index is 12.2. The van der Waals surface area contributed by atoms with Gasteiger partial charge in [-0.2, -0.15) is 0 Å². The van der Waals surface area contributed by atoms with Crippen molar-refractivity contribution in [3.8, 4) is 0 Å². The number of nitrogens with zero attached hydrogens (tertiary/aromatic N) is 1. The minimum atomic E-state index is -0.128. The first-order valence-electron chi connectivity index (χ1n) is 6.24. The van der Waals surface area contributed by atoms with Crippen LogP contribution in [0.2, 0.25) is 0 Å². The van der Waals surface area contributed by atoms with E-state index in [1.54, 1.807) is 29.4 Å². The fourth-order valence-electron chi connectivity index (χ4n) is 2.25. The average molecular weight is 278 g/mol. The van der Waals surface area contributed by atoms with Crippen LogP contribution in [-0.4, -0.2) is 35.2 Å². The number of ether oxygens (including phenoxy) is 1. The molecule has 0 spiro atoms. The molecule has 100 valence electrons. The summed E-state index contributed by atoms with van der Waals surface area (Å²) in [6.07, 6.45) is 5.33. The van der Waals surface area contributed by atoms with E-state index in [2.05, 4.69) is 5.32 Å². The highest BCUT2D eigenvalue weighted by Crippen LogP contribution is 2.19. The summed E-state index contributed by atoms with van der Waals surface area (Å²) in [5.41, 5.74) is 0.443. The van der Waals surface area contributed by atoms with Crippen molar-refractivity contribution in [3.63, 3.8) is 0 Å². The second-order valence-corrected chi connectivity index (χ2v) is 4.94. The molecule has 2 aliphatic rings. The molecule has 1 unspecified atom stereocenters. The highest BCUT2D eigenvalue weighted by Gasteiger charge is 2.33. The van der Waals surface area contributed by atoms with Crippen molar-refractivity contribution in [2.24, 2.45) is 0 Å². The van der Waals surface area contributed by atoms with E-state index < -0.39 is 0 Å². The fraction of sp³-hybridized carbons (Fsp3) is 0.385. The fourth-order valence-corrected chi connectivity index (χ4v) is 2.51. The number of carbonyl (C=O) groups excluding carboxylic acids is 1. The monoisotopic (exact) mass is 278 g/mol. The molecule has 2 aliphatic heterocycles. The molecule has 6 heteroatoms. The predicted octanol–water partition coefficient (Wildman–Crippen LogP) is 1.52. The van der Waals surface area contributed by atoms with Crippen LogP contribution in [0.3, 0.4) is 0 Å². The Kier molecular flexibility index (Phi) is 3.35. The minimum absolute atomic E-state index is 0.0895. The zero-order valence-corrected chi connectivity index (χ0v) is 11.1. The first-order valence-corrected chi connectivity index (χ1v) is 6.64. The van der Waals surface area contributed by atoms with E-state index in [-0.39, 0.29) is 12.0 Å². The molecule has 2 fully saturated rings. The predicted molar refractivity (Wildman–Crippen MR) is 73.1 cm³/mol. The summed E-state index contributed by atoms with van der Waals surface area (Å²) in [6, 6.07) is 3.56. The number of rotatable bonds is 3. The molecule has 1 aromatic heterocycles. The molecule has 1 N–H and O–H groups in total. The molecule has 0 radical (unpaired) electrons. The van der Waals surface area contributed by atoms with Gasteiger partial charge in [0.15, 0.2) is 5.11 Å². The van der Waals surface area contributed by atoms with Gasteiger partial charge in [-0.3, -0.25) is 9.69 Å². The Hall–Kier alpha value is -1.66. The van der Waals surface area contributed by atoms with E-state index in [9.17, 15) is 4.79 Å². The number of amides is 1. The Balaban J connectivity index is 1.73. The first kappa shape index (κ1) is 12.4. The minimum Gasteiger partial charge on any atom is -0.465 e. The third-order valence-corrected chi connectivity index (χ3v) is 3.52. The van der Waals surface area contributed by atoms with Gasteiger partial charge in [-0.1, -0.05) is 0 Å². The third kappa shape index (κ3) is 2.54. The lowest BCUT2D eigenvalue weighted by Crippen LogP contribution is -2.37. The Morgan fingerprint density at radius 2 is 2.47 bits per heavy atom. The standard InChI is InChI=1S/C13H14N2O3S/c16-12-11(7-9-3-1-5-17-9)14-13(19)15(12)8-10-4-2-6-18-10/h1,3,5,7,10H,2,4,6,8H2,(H,14,19). The summed E-state index contributed by atoms with van der Waals surface area (Å²) in [7, 11) is 0. The first-order chi connectivity index (χ1) is 9.24. The second-order valence-electron chi connectivity index (χ2n) is 4.55. The Morgan fingerprint density at radius 3 is 3.16 bits per heavy atom. The van der Waals surface area contributed by atoms with Crippen molar-refractivity contribution in [2.75, 3.05) is 13.2 Å². The Bertz CT molecular complexity index is 518. The summed E-state index contributed by atoms with van der Waals surface area (Å²) < 4.78 is 10.7. The number of nitrogens with one attached hydrogen (secondary N) is 1. The molecular formula is C13H14N2O3S. The van der Waals surface area contributed by atoms with Crippen molar-refractivity contribution in [1.82, 2.24) is 10.2 Å². The van der Waals surface area contributed by atoms with Crippen LogP contribution in [0.15, 0.2) is 28.5 Å². The number of thiocarbonyl (C=S) groups is 1. The van der Waals surface area contributed by atoms with Gasteiger partial charge in [-0.05, 0) is 37.2 Å². The largest absolute Gasteiger partial charge is 0.465 e. The van der Waals surface area contributed by atoms with Gasteiger partial charge in [0.2, 0.25) is 0 Å². The molecule has 3 rings (SSSR count). The molecule has 1 aromatic rings. The van der Waals surface area contributed by atoms with Gasteiger partial charge in [0.1, 0.15) is 11.5 Å². The lowest BCUT2D eigenvalue weighted by atomic mass is 10.2. The zero-order valence-electron chi connectivity index (χ0n) is 10.3. The van der Waals surface area contributed by atoms with Crippen molar-refractivity contribution < 1.29 is 13.9 Å². The molecule has 19 heavy (non-hydrogen) atoms. The van der Waals surface area contributed by atoms with E-state index in [0.29, 0.717) is 23.1 Å². The van der Waals surface area contributed by atoms with Crippen molar-refractivity contribution in [2.45, 2.75) is 18.9 Å². The lowest BCUT2D eigenvalue weighted by Gasteiger charge is -2.18. The zero-order chi connectivity index (χ0) is 13.2. The van der Waals surface area contributed by atoms with Crippen LogP contribution in [0.1, 0.15) is 18.6 Å². The van der Waals surface area contributed by atoms with Gasteiger partial charge in [0.05, 0.1) is 18.9 Å². The van der Waals surface area contributed by atoms with Gasteiger partial charge in [-0.15, -0.1) is 0 Å². The van der Waals surface area contributed by atoms with Crippen molar-refractivity contribution >= 4 is 29.3 Å². The number of carbonyl (C=O) groups is 1. The number of hydrogen-bond acceptors (Lipinski definition) is 4.